The van der Waals surface area contributed by atoms with E-state index < -0.39 is 0 Å². The summed E-state index contributed by atoms with van der Waals surface area (Å²) in [4.78, 5) is 0. The maximum absolute atomic E-state index is 9.68. The van der Waals surface area contributed by atoms with Gasteiger partial charge in [-0.15, -0.1) is 0 Å². The Labute approximate surface area is 74.6 Å². The molecule has 0 radical (unpaired) electrons. The minimum absolute atomic E-state index is 0.157. The molecule has 2 N–H and O–H groups in total. The Morgan fingerprint density at radius 1 is 1.42 bits per heavy atom. The standard InChI is InChI=1S/C10H20O2/c1-2-4-10(12)8-5-3-6-9(11)7-8/h8-12H,2-7H2,1H3/t8?,9-,10-/m1/s1. The number of aliphatic hydroxyl groups is 2. The third-order valence-corrected chi connectivity index (χ3v) is 2.82. The van der Waals surface area contributed by atoms with Crippen molar-refractivity contribution < 1.29 is 10.2 Å². The average molecular weight is 172 g/mol. The SMILES string of the molecule is CCC[C@@H](O)C1CCC[C@@H](O)C1. The van der Waals surface area contributed by atoms with Crippen LogP contribution in [0.15, 0.2) is 0 Å². The molecule has 0 heterocycles. The van der Waals surface area contributed by atoms with Gasteiger partial charge < -0.3 is 10.2 Å². The monoisotopic (exact) mass is 172 g/mol. The van der Waals surface area contributed by atoms with E-state index in [0.29, 0.717) is 5.92 Å². The summed E-state index contributed by atoms with van der Waals surface area (Å²) in [5, 5.41) is 19.1. The van der Waals surface area contributed by atoms with E-state index in [0.717, 1.165) is 38.5 Å². The molecule has 0 bridgehead atoms. The van der Waals surface area contributed by atoms with Crippen molar-refractivity contribution in [2.75, 3.05) is 0 Å². The molecule has 1 saturated carbocycles. The van der Waals surface area contributed by atoms with Gasteiger partial charge in [0.15, 0.2) is 0 Å². The lowest BCUT2D eigenvalue weighted by Crippen LogP contribution is -2.28. The molecule has 0 spiro atoms. The van der Waals surface area contributed by atoms with Crippen LogP contribution in [0.5, 0.6) is 0 Å². The Hall–Kier alpha value is -0.0800. The summed E-state index contributed by atoms with van der Waals surface area (Å²) >= 11 is 0. The molecule has 1 rings (SSSR count). The highest BCUT2D eigenvalue weighted by atomic mass is 16.3. The van der Waals surface area contributed by atoms with Crippen LogP contribution in [0, 0.1) is 5.92 Å². The molecule has 0 aromatic carbocycles. The van der Waals surface area contributed by atoms with Gasteiger partial charge in [-0.25, -0.2) is 0 Å². The van der Waals surface area contributed by atoms with Crippen molar-refractivity contribution in [3.63, 3.8) is 0 Å². The van der Waals surface area contributed by atoms with Gasteiger partial charge in [0.1, 0.15) is 0 Å². The molecule has 2 nitrogen and oxygen atoms in total. The summed E-state index contributed by atoms with van der Waals surface area (Å²) in [5.41, 5.74) is 0. The van der Waals surface area contributed by atoms with E-state index in [2.05, 4.69) is 6.92 Å². The van der Waals surface area contributed by atoms with Gasteiger partial charge in [0, 0.05) is 0 Å². The van der Waals surface area contributed by atoms with E-state index in [1.54, 1.807) is 0 Å². The fourth-order valence-corrected chi connectivity index (χ4v) is 2.08. The highest BCUT2D eigenvalue weighted by molar-refractivity contribution is 4.77. The van der Waals surface area contributed by atoms with E-state index in [1.165, 1.54) is 0 Å². The van der Waals surface area contributed by atoms with E-state index in [1.807, 2.05) is 0 Å². The Morgan fingerprint density at radius 3 is 2.75 bits per heavy atom. The predicted molar refractivity (Wildman–Crippen MR) is 48.9 cm³/mol. The lowest BCUT2D eigenvalue weighted by atomic mass is 9.82. The van der Waals surface area contributed by atoms with Crippen LogP contribution >= 0.6 is 0 Å². The van der Waals surface area contributed by atoms with E-state index in [4.69, 9.17) is 0 Å². The first-order valence-corrected chi connectivity index (χ1v) is 5.10. The number of rotatable bonds is 3. The molecule has 1 aliphatic rings. The first-order valence-electron chi connectivity index (χ1n) is 5.10. The normalized spacial score (nSPS) is 33.2. The zero-order valence-electron chi connectivity index (χ0n) is 7.87. The molecule has 0 saturated heterocycles. The average Bonchev–Trinajstić information content (AvgIpc) is 2.05. The van der Waals surface area contributed by atoms with Crippen molar-refractivity contribution in [3.8, 4) is 0 Å². The quantitative estimate of drug-likeness (QED) is 0.680. The third kappa shape index (κ3) is 2.76. The molecule has 1 fully saturated rings. The highest BCUT2D eigenvalue weighted by Gasteiger charge is 2.25. The van der Waals surface area contributed by atoms with Gasteiger partial charge in [0.25, 0.3) is 0 Å². The maximum atomic E-state index is 9.68. The second-order valence-electron chi connectivity index (χ2n) is 3.94. The van der Waals surface area contributed by atoms with Crippen molar-refractivity contribution in [1.29, 1.82) is 0 Å². The van der Waals surface area contributed by atoms with Gasteiger partial charge in [-0.2, -0.15) is 0 Å². The summed E-state index contributed by atoms with van der Waals surface area (Å²) in [7, 11) is 0. The number of aliphatic hydroxyl groups excluding tert-OH is 2. The zero-order chi connectivity index (χ0) is 8.97. The molecule has 0 aliphatic heterocycles. The van der Waals surface area contributed by atoms with Gasteiger partial charge in [-0.1, -0.05) is 19.8 Å². The summed E-state index contributed by atoms with van der Waals surface area (Å²) in [5.74, 6) is 0.355. The molecular formula is C10H20O2. The zero-order valence-corrected chi connectivity index (χ0v) is 7.87. The van der Waals surface area contributed by atoms with Crippen molar-refractivity contribution in [2.24, 2.45) is 5.92 Å². The molecule has 1 unspecified atom stereocenters. The van der Waals surface area contributed by atoms with Gasteiger partial charge in [0.05, 0.1) is 12.2 Å². The van der Waals surface area contributed by atoms with Gasteiger partial charge in [-0.3, -0.25) is 0 Å². The van der Waals surface area contributed by atoms with Crippen LogP contribution in [0.25, 0.3) is 0 Å². The molecule has 0 aromatic rings. The molecule has 0 amide bonds. The van der Waals surface area contributed by atoms with Crippen LogP contribution in [0.2, 0.25) is 0 Å². The minimum Gasteiger partial charge on any atom is -0.393 e. The smallest absolute Gasteiger partial charge is 0.0569 e. The van der Waals surface area contributed by atoms with Crippen LogP contribution < -0.4 is 0 Å². The van der Waals surface area contributed by atoms with Crippen LogP contribution in [0.4, 0.5) is 0 Å². The first kappa shape index (κ1) is 10.0. The van der Waals surface area contributed by atoms with Gasteiger partial charge in [-0.05, 0) is 31.6 Å². The molecule has 12 heavy (non-hydrogen) atoms. The molecule has 3 atom stereocenters. The summed E-state index contributed by atoms with van der Waals surface area (Å²) in [6.07, 6.45) is 5.49. The van der Waals surface area contributed by atoms with Crippen LogP contribution in [0.3, 0.4) is 0 Å². The molecule has 0 aromatic heterocycles. The molecule has 1 aliphatic carbocycles. The maximum Gasteiger partial charge on any atom is 0.0569 e. The van der Waals surface area contributed by atoms with Crippen molar-refractivity contribution in [1.82, 2.24) is 0 Å². The fourth-order valence-electron chi connectivity index (χ4n) is 2.08. The Bertz CT molecular complexity index is 125. The Kier molecular flexibility index (Phi) is 4.02. The van der Waals surface area contributed by atoms with E-state index in [9.17, 15) is 10.2 Å². The third-order valence-electron chi connectivity index (χ3n) is 2.82. The van der Waals surface area contributed by atoms with E-state index >= 15 is 0 Å². The topological polar surface area (TPSA) is 40.5 Å². The van der Waals surface area contributed by atoms with Crippen molar-refractivity contribution in [3.05, 3.63) is 0 Å². The van der Waals surface area contributed by atoms with E-state index in [-0.39, 0.29) is 12.2 Å². The molecular weight excluding hydrogens is 152 g/mol. The second kappa shape index (κ2) is 4.83. The highest BCUT2D eigenvalue weighted by Crippen LogP contribution is 2.28. The Balaban J connectivity index is 2.29. The largest absolute Gasteiger partial charge is 0.393 e. The van der Waals surface area contributed by atoms with Gasteiger partial charge >= 0.3 is 0 Å². The fraction of sp³-hybridized carbons (Fsp3) is 1.00. The number of hydrogen-bond acceptors (Lipinski definition) is 2. The minimum atomic E-state index is -0.176. The summed E-state index contributed by atoms with van der Waals surface area (Å²) in [6.45, 7) is 2.09. The first-order chi connectivity index (χ1) is 5.74. The number of hydrogen-bond donors (Lipinski definition) is 2. The lowest BCUT2D eigenvalue weighted by Gasteiger charge is -2.29. The van der Waals surface area contributed by atoms with Crippen LogP contribution in [0.1, 0.15) is 45.4 Å². The molecule has 2 heteroatoms. The summed E-state index contributed by atoms with van der Waals surface area (Å²) < 4.78 is 0. The molecule has 72 valence electrons. The predicted octanol–water partition coefficient (Wildman–Crippen LogP) is 1.70. The second-order valence-corrected chi connectivity index (χ2v) is 3.94. The van der Waals surface area contributed by atoms with Crippen molar-refractivity contribution >= 4 is 0 Å². The van der Waals surface area contributed by atoms with Crippen LogP contribution in [-0.2, 0) is 0 Å². The van der Waals surface area contributed by atoms with Crippen LogP contribution in [-0.4, -0.2) is 22.4 Å². The lowest BCUT2D eigenvalue weighted by molar-refractivity contribution is 0.0255. The van der Waals surface area contributed by atoms with Gasteiger partial charge in [0.2, 0.25) is 0 Å². The Morgan fingerprint density at radius 2 is 2.17 bits per heavy atom. The summed E-state index contributed by atoms with van der Waals surface area (Å²) in [6, 6.07) is 0. The van der Waals surface area contributed by atoms with Crippen molar-refractivity contribution in [2.45, 2.75) is 57.7 Å².